The topological polar surface area (TPSA) is 73.7 Å². The third kappa shape index (κ3) is 1.81. The molecule has 0 aliphatic heterocycles. The lowest BCUT2D eigenvalue weighted by Crippen LogP contribution is -1.81. The highest BCUT2D eigenvalue weighted by atomic mass is 35.5. The van der Waals surface area contributed by atoms with Crippen LogP contribution in [-0.2, 0) is 0 Å². The van der Waals surface area contributed by atoms with Crippen LogP contribution >= 0.6 is 11.6 Å². The molecule has 8 heavy (non-hydrogen) atoms. The summed E-state index contributed by atoms with van der Waals surface area (Å²) in [4.78, 5) is 0. The fraction of sp³-hybridized carbons (Fsp3) is 0. The molecular formula is C3H5ClN4. The summed E-state index contributed by atoms with van der Waals surface area (Å²) in [5.74, 6) is 0. The third-order valence-corrected chi connectivity index (χ3v) is 0.672. The Hall–Kier alpha value is -0.740. The van der Waals surface area contributed by atoms with Gasteiger partial charge in [0.15, 0.2) is 5.15 Å². The number of hydrogen-bond acceptors (Lipinski definition) is 4. The molecule has 0 aromatic carbocycles. The summed E-state index contributed by atoms with van der Waals surface area (Å²) in [6.07, 6.45) is 1.48. The first kappa shape index (κ1) is 7.26. The summed E-state index contributed by atoms with van der Waals surface area (Å²) < 4.78 is 0. The van der Waals surface area contributed by atoms with E-state index in [1.165, 1.54) is 6.20 Å². The second-order valence-electron chi connectivity index (χ2n) is 0.943. The molecule has 0 saturated heterocycles. The van der Waals surface area contributed by atoms with Gasteiger partial charge in [-0.2, -0.15) is 0 Å². The molecule has 0 aliphatic carbocycles. The molecule has 5 heteroatoms. The molecule has 44 valence electrons. The lowest BCUT2D eigenvalue weighted by molar-refractivity contribution is 0.865. The molecule has 0 saturated carbocycles. The van der Waals surface area contributed by atoms with Gasteiger partial charge in [-0.05, 0) is 11.3 Å². The van der Waals surface area contributed by atoms with Crippen LogP contribution in [0.5, 0.6) is 0 Å². The molecule has 0 aliphatic rings. The number of nitrogens with zero attached hydrogens (tertiary/aromatic N) is 3. The van der Waals surface area contributed by atoms with E-state index in [1.807, 2.05) is 0 Å². The predicted molar refractivity (Wildman–Crippen MR) is 29.9 cm³/mol. The minimum absolute atomic E-state index is 0. The van der Waals surface area contributed by atoms with Crippen LogP contribution in [0.1, 0.15) is 0 Å². The van der Waals surface area contributed by atoms with Gasteiger partial charge >= 0.3 is 0 Å². The fourth-order valence-corrected chi connectivity index (χ4v) is 0.317. The van der Waals surface area contributed by atoms with E-state index in [9.17, 15) is 0 Å². The lowest BCUT2D eigenvalue weighted by atomic mass is 10.7. The number of halogens is 1. The van der Waals surface area contributed by atoms with E-state index in [0.717, 1.165) is 0 Å². The average molecular weight is 133 g/mol. The van der Waals surface area contributed by atoms with Crippen molar-refractivity contribution in [2.45, 2.75) is 0 Å². The van der Waals surface area contributed by atoms with Crippen molar-refractivity contribution in [1.29, 1.82) is 0 Å². The quantitative estimate of drug-likeness (QED) is 0.564. The molecular weight excluding hydrogens is 128 g/mol. The van der Waals surface area contributed by atoms with Gasteiger partial charge in [-0.1, -0.05) is 11.6 Å². The van der Waals surface area contributed by atoms with Crippen LogP contribution in [0, 0.1) is 0 Å². The molecule has 1 aromatic heterocycles. The molecule has 0 bridgehead atoms. The second-order valence-corrected chi connectivity index (χ2v) is 1.33. The molecule has 1 aromatic rings. The summed E-state index contributed by atoms with van der Waals surface area (Å²) in [6, 6.07) is 1.56. The molecule has 0 atom stereocenters. The van der Waals surface area contributed by atoms with Crippen LogP contribution in [0.4, 0.5) is 0 Å². The Bertz CT molecular complexity index is 141. The number of hydrogen-bond donors (Lipinski definition) is 1. The first-order chi connectivity index (χ1) is 3.39. The van der Waals surface area contributed by atoms with Crippen LogP contribution in [0.3, 0.4) is 0 Å². The van der Waals surface area contributed by atoms with E-state index < -0.39 is 0 Å². The standard InChI is InChI=1S/C3H2ClN3.H3N/c4-3-1-2-5-7-6-3;/h1-2H;1H3. The smallest absolute Gasteiger partial charge is 0.155 e. The number of rotatable bonds is 0. The van der Waals surface area contributed by atoms with Gasteiger partial charge < -0.3 is 6.15 Å². The van der Waals surface area contributed by atoms with Crippen molar-refractivity contribution in [3.63, 3.8) is 0 Å². The van der Waals surface area contributed by atoms with Crippen LogP contribution in [0.15, 0.2) is 12.3 Å². The second kappa shape index (κ2) is 3.29. The summed E-state index contributed by atoms with van der Waals surface area (Å²) in [7, 11) is 0. The summed E-state index contributed by atoms with van der Waals surface area (Å²) in [5.41, 5.74) is 0. The van der Waals surface area contributed by atoms with E-state index in [1.54, 1.807) is 6.07 Å². The van der Waals surface area contributed by atoms with Gasteiger partial charge in [0.05, 0.1) is 6.20 Å². The highest BCUT2D eigenvalue weighted by Crippen LogP contribution is 1.94. The first-order valence-electron chi connectivity index (χ1n) is 1.69. The molecule has 0 spiro atoms. The minimum Gasteiger partial charge on any atom is -0.344 e. The Morgan fingerprint density at radius 3 is 2.50 bits per heavy atom. The largest absolute Gasteiger partial charge is 0.344 e. The van der Waals surface area contributed by atoms with Crippen LogP contribution < -0.4 is 6.15 Å². The number of aromatic nitrogens is 3. The van der Waals surface area contributed by atoms with Crippen molar-refractivity contribution in [3.05, 3.63) is 17.4 Å². The van der Waals surface area contributed by atoms with E-state index >= 15 is 0 Å². The summed E-state index contributed by atoms with van der Waals surface area (Å²) in [6.45, 7) is 0. The third-order valence-electron chi connectivity index (χ3n) is 0.471. The van der Waals surface area contributed by atoms with Crippen LogP contribution in [-0.4, -0.2) is 15.4 Å². The average Bonchev–Trinajstić information content (AvgIpc) is 1.69. The van der Waals surface area contributed by atoms with Gasteiger partial charge in [0.2, 0.25) is 0 Å². The van der Waals surface area contributed by atoms with Crippen molar-refractivity contribution in [2.75, 3.05) is 0 Å². The Labute approximate surface area is 51.5 Å². The predicted octanol–water partition coefficient (Wildman–Crippen LogP) is 0.687. The Morgan fingerprint density at radius 1 is 1.50 bits per heavy atom. The van der Waals surface area contributed by atoms with Crippen LogP contribution in [0.2, 0.25) is 5.15 Å². The van der Waals surface area contributed by atoms with Crippen molar-refractivity contribution in [3.8, 4) is 0 Å². The van der Waals surface area contributed by atoms with Crippen LogP contribution in [0.25, 0.3) is 0 Å². The van der Waals surface area contributed by atoms with Crippen molar-refractivity contribution in [1.82, 2.24) is 21.6 Å². The zero-order chi connectivity index (χ0) is 5.11. The Balaban J connectivity index is 0.000000490. The van der Waals surface area contributed by atoms with Gasteiger partial charge in [-0.3, -0.25) is 0 Å². The molecule has 0 radical (unpaired) electrons. The maximum atomic E-state index is 5.33. The van der Waals surface area contributed by atoms with Gasteiger partial charge in [0, 0.05) is 0 Å². The highest BCUT2D eigenvalue weighted by Gasteiger charge is 1.79. The zero-order valence-corrected chi connectivity index (χ0v) is 4.84. The SMILES string of the molecule is Clc1ccnnn1.N. The Morgan fingerprint density at radius 2 is 2.25 bits per heavy atom. The summed E-state index contributed by atoms with van der Waals surface area (Å²) in [5, 5.41) is 10.4. The maximum absolute atomic E-state index is 5.33. The van der Waals surface area contributed by atoms with Crippen molar-refractivity contribution in [2.24, 2.45) is 0 Å². The van der Waals surface area contributed by atoms with E-state index in [2.05, 4.69) is 15.4 Å². The monoisotopic (exact) mass is 132 g/mol. The lowest BCUT2D eigenvalue weighted by Gasteiger charge is -1.76. The van der Waals surface area contributed by atoms with Crippen molar-refractivity contribution < 1.29 is 0 Å². The highest BCUT2D eigenvalue weighted by molar-refractivity contribution is 6.29. The zero-order valence-electron chi connectivity index (χ0n) is 4.08. The van der Waals surface area contributed by atoms with Gasteiger partial charge in [0.25, 0.3) is 0 Å². The first-order valence-corrected chi connectivity index (χ1v) is 2.07. The molecule has 0 amide bonds. The van der Waals surface area contributed by atoms with E-state index in [4.69, 9.17) is 11.6 Å². The Kier molecular flexibility index (Phi) is 2.98. The molecule has 0 unspecified atom stereocenters. The van der Waals surface area contributed by atoms with Crippen molar-refractivity contribution >= 4 is 11.6 Å². The molecule has 4 nitrogen and oxygen atoms in total. The van der Waals surface area contributed by atoms with E-state index in [0.29, 0.717) is 5.15 Å². The fourth-order valence-electron chi connectivity index (χ4n) is 0.227. The molecule has 1 heterocycles. The van der Waals surface area contributed by atoms with E-state index in [-0.39, 0.29) is 6.15 Å². The molecule has 0 fully saturated rings. The minimum atomic E-state index is 0. The maximum Gasteiger partial charge on any atom is 0.155 e. The molecule has 1 rings (SSSR count). The van der Waals surface area contributed by atoms with Gasteiger partial charge in [-0.15, -0.1) is 10.2 Å². The molecule has 3 N–H and O–H groups in total. The summed E-state index contributed by atoms with van der Waals surface area (Å²) >= 11 is 5.33. The van der Waals surface area contributed by atoms with Gasteiger partial charge in [0.1, 0.15) is 0 Å². The van der Waals surface area contributed by atoms with Gasteiger partial charge in [-0.25, -0.2) is 0 Å². The normalized spacial score (nSPS) is 7.62.